The van der Waals surface area contributed by atoms with E-state index in [1.54, 1.807) is 0 Å². The molecule has 1 aromatic carbocycles. The lowest BCUT2D eigenvalue weighted by Crippen LogP contribution is -2.37. The summed E-state index contributed by atoms with van der Waals surface area (Å²) < 4.78 is 11.8. The number of cyclic esters (lactones) is 1. The first-order valence-corrected chi connectivity index (χ1v) is 9.23. The molecule has 4 atom stereocenters. The smallest absolute Gasteiger partial charge is 0.323 e. The average Bonchev–Trinajstić information content (AvgIpc) is 2.63. The summed E-state index contributed by atoms with van der Waals surface area (Å²) in [4.78, 5) is 12.0. The highest BCUT2D eigenvalue weighted by Crippen LogP contribution is 2.27. The fourth-order valence-corrected chi connectivity index (χ4v) is 3.36. The van der Waals surface area contributed by atoms with Gasteiger partial charge in [0.1, 0.15) is 12.1 Å². The van der Waals surface area contributed by atoms with Crippen molar-refractivity contribution in [2.75, 3.05) is 6.61 Å². The maximum absolute atomic E-state index is 12.0. The summed E-state index contributed by atoms with van der Waals surface area (Å²) in [7, 11) is 0. The van der Waals surface area contributed by atoms with Crippen LogP contribution in [0.1, 0.15) is 51.5 Å². The van der Waals surface area contributed by atoms with E-state index in [9.17, 15) is 4.79 Å². The van der Waals surface area contributed by atoms with Crippen LogP contribution in [0, 0.1) is 5.92 Å². The van der Waals surface area contributed by atoms with Crippen LogP contribution in [0.15, 0.2) is 30.3 Å². The molecule has 1 aromatic rings. The van der Waals surface area contributed by atoms with Crippen molar-refractivity contribution in [3.8, 4) is 0 Å². The first kappa shape index (κ1) is 18.9. The van der Waals surface area contributed by atoms with Crippen LogP contribution in [0.4, 0.5) is 0 Å². The van der Waals surface area contributed by atoms with Crippen molar-refractivity contribution in [2.45, 2.75) is 70.6 Å². The van der Waals surface area contributed by atoms with Crippen molar-refractivity contribution in [2.24, 2.45) is 11.7 Å². The third-order valence-electron chi connectivity index (χ3n) is 4.90. The van der Waals surface area contributed by atoms with Crippen molar-refractivity contribution >= 4 is 5.97 Å². The average molecular weight is 333 g/mol. The Morgan fingerprint density at radius 2 is 1.96 bits per heavy atom. The Bertz CT molecular complexity index is 491. The monoisotopic (exact) mass is 333 g/mol. The Morgan fingerprint density at radius 3 is 2.67 bits per heavy atom. The predicted molar refractivity (Wildman–Crippen MR) is 95.7 cm³/mol. The third-order valence-corrected chi connectivity index (χ3v) is 4.90. The van der Waals surface area contributed by atoms with Gasteiger partial charge in [0.05, 0.1) is 6.10 Å². The molecule has 1 aliphatic rings. The number of esters is 1. The van der Waals surface area contributed by atoms with Crippen molar-refractivity contribution < 1.29 is 14.3 Å². The molecule has 0 radical (unpaired) electrons. The van der Waals surface area contributed by atoms with Crippen molar-refractivity contribution in [3.05, 3.63) is 35.9 Å². The van der Waals surface area contributed by atoms with Crippen LogP contribution in [0.3, 0.4) is 0 Å². The molecule has 134 valence electrons. The number of hydrogen-bond donors (Lipinski definition) is 1. The van der Waals surface area contributed by atoms with Crippen molar-refractivity contribution in [3.63, 3.8) is 0 Å². The largest absolute Gasteiger partial charge is 0.461 e. The molecule has 0 spiro atoms. The molecule has 0 saturated carbocycles. The number of carbonyl (C=O) groups excluding carboxylic acids is 1. The van der Waals surface area contributed by atoms with Crippen LogP contribution in [0.5, 0.6) is 0 Å². The molecule has 1 saturated heterocycles. The third kappa shape index (κ3) is 5.60. The zero-order valence-electron chi connectivity index (χ0n) is 14.9. The van der Waals surface area contributed by atoms with E-state index in [4.69, 9.17) is 15.2 Å². The molecule has 4 heteroatoms. The Morgan fingerprint density at radius 1 is 1.21 bits per heavy atom. The summed E-state index contributed by atoms with van der Waals surface area (Å²) in [5, 5.41) is 0. The lowest BCUT2D eigenvalue weighted by atomic mass is 9.87. The molecule has 0 unspecified atom stereocenters. The van der Waals surface area contributed by atoms with Gasteiger partial charge in [-0.1, -0.05) is 50.1 Å². The fourth-order valence-electron chi connectivity index (χ4n) is 3.36. The van der Waals surface area contributed by atoms with Gasteiger partial charge >= 0.3 is 5.97 Å². The molecule has 2 N–H and O–H groups in total. The highest BCUT2D eigenvalue weighted by atomic mass is 16.5. The van der Waals surface area contributed by atoms with Crippen LogP contribution in [0.2, 0.25) is 0 Å². The van der Waals surface area contributed by atoms with E-state index in [2.05, 4.69) is 31.2 Å². The zero-order chi connectivity index (χ0) is 17.4. The summed E-state index contributed by atoms with van der Waals surface area (Å²) in [6.07, 6.45) is 5.63. The summed E-state index contributed by atoms with van der Waals surface area (Å²) in [5.74, 6) is -0.0702. The second kappa shape index (κ2) is 9.80. The van der Waals surface area contributed by atoms with Gasteiger partial charge in [-0.25, -0.2) is 0 Å². The number of aryl methyl sites for hydroxylation is 1. The summed E-state index contributed by atoms with van der Waals surface area (Å²) in [5.41, 5.74) is 7.20. The minimum Gasteiger partial charge on any atom is -0.461 e. The molecule has 0 bridgehead atoms. The molecule has 0 aliphatic carbocycles. The highest BCUT2D eigenvalue weighted by Gasteiger charge is 2.32. The lowest BCUT2D eigenvalue weighted by molar-refractivity contribution is -0.153. The van der Waals surface area contributed by atoms with E-state index < -0.39 is 6.04 Å². The maximum Gasteiger partial charge on any atom is 0.323 e. The van der Waals surface area contributed by atoms with Gasteiger partial charge < -0.3 is 15.2 Å². The molecule has 4 nitrogen and oxygen atoms in total. The number of unbranched alkanes of at least 4 members (excludes halogenated alkanes) is 1. The Hall–Kier alpha value is -1.39. The molecular formula is C20H31NO3. The second-order valence-electron chi connectivity index (χ2n) is 6.78. The molecule has 2 rings (SSSR count). The molecule has 24 heavy (non-hydrogen) atoms. The van der Waals surface area contributed by atoms with Crippen LogP contribution in [-0.4, -0.2) is 30.8 Å². The Labute approximate surface area is 145 Å². The van der Waals surface area contributed by atoms with Gasteiger partial charge in [-0.05, 0) is 38.2 Å². The van der Waals surface area contributed by atoms with E-state index >= 15 is 0 Å². The minimum atomic E-state index is -0.577. The predicted octanol–water partition coefficient (Wildman–Crippen LogP) is 3.47. The molecule has 0 aromatic heterocycles. The molecule has 1 fully saturated rings. The number of carbonyl (C=O) groups is 1. The zero-order valence-corrected chi connectivity index (χ0v) is 14.9. The van der Waals surface area contributed by atoms with Gasteiger partial charge in [-0.3, -0.25) is 4.79 Å². The molecular weight excluding hydrogens is 302 g/mol. The fraction of sp³-hybridized carbons (Fsp3) is 0.650. The molecule has 1 aliphatic heterocycles. The topological polar surface area (TPSA) is 61.5 Å². The number of benzene rings is 1. The number of hydrogen-bond acceptors (Lipinski definition) is 4. The second-order valence-corrected chi connectivity index (χ2v) is 6.78. The molecule has 0 amide bonds. The standard InChI is InChI=1S/C20H31NO3/c1-3-4-10-17-15(2)24-20(22)18(21)13-14-23-19(17)12-11-16-8-6-5-7-9-16/h5-9,15,17-19H,3-4,10-14,21H2,1-2H3/t15-,17-,18-,19+/m0/s1. The summed E-state index contributed by atoms with van der Waals surface area (Å²) in [6, 6.07) is 9.89. The van der Waals surface area contributed by atoms with Gasteiger partial charge in [0.15, 0.2) is 0 Å². The van der Waals surface area contributed by atoms with Crippen LogP contribution >= 0.6 is 0 Å². The van der Waals surface area contributed by atoms with Crippen molar-refractivity contribution in [1.82, 2.24) is 0 Å². The first-order valence-electron chi connectivity index (χ1n) is 9.23. The Balaban J connectivity index is 2.07. The minimum absolute atomic E-state index is 0.102. The van der Waals surface area contributed by atoms with E-state index in [0.717, 1.165) is 32.1 Å². The van der Waals surface area contributed by atoms with Gasteiger partial charge in [-0.2, -0.15) is 0 Å². The maximum atomic E-state index is 12.0. The van der Waals surface area contributed by atoms with Gasteiger partial charge in [0, 0.05) is 12.5 Å². The van der Waals surface area contributed by atoms with E-state index in [1.165, 1.54) is 5.56 Å². The van der Waals surface area contributed by atoms with E-state index in [1.807, 2.05) is 13.0 Å². The van der Waals surface area contributed by atoms with Gasteiger partial charge in [0.25, 0.3) is 0 Å². The van der Waals surface area contributed by atoms with Crippen LogP contribution < -0.4 is 5.73 Å². The van der Waals surface area contributed by atoms with Gasteiger partial charge in [-0.15, -0.1) is 0 Å². The number of ether oxygens (including phenoxy) is 2. The Kier molecular flexibility index (Phi) is 7.73. The summed E-state index contributed by atoms with van der Waals surface area (Å²) >= 11 is 0. The van der Waals surface area contributed by atoms with E-state index in [0.29, 0.717) is 13.0 Å². The van der Waals surface area contributed by atoms with Crippen molar-refractivity contribution in [1.29, 1.82) is 0 Å². The molecule has 1 heterocycles. The number of nitrogens with two attached hydrogens (primary N) is 1. The quantitative estimate of drug-likeness (QED) is 0.810. The highest BCUT2D eigenvalue weighted by molar-refractivity contribution is 5.75. The lowest BCUT2D eigenvalue weighted by Gasteiger charge is -2.31. The number of rotatable bonds is 6. The van der Waals surface area contributed by atoms with E-state index in [-0.39, 0.29) is 24.1 Å². The summed E-state index contributed by atoms with van der Waals surface area (Å²) in [6.45, 7) is 4.68. The van der Waals surface area contributed by atoms with Gasteiger partial charge in [0.2, 0.25) is 0 Å². The normalized spacial score (nSPS) is 28.5. The first-order chi connectivity index (χ1) is 11.6. The van der Waals surface area contributed by atoms with Crippen LogP contribution in [0.25, 0.3) is 0 Å². The van der Waals surface area contributed by atoms with Crippen LogP contribution in [-0.2, 0) is 20.7 Å². The SMILES string of the molecule is CCCC[C@H]1[C@H](C)OC(=O)[C@@H](N)CCO[C@@H]1CCc1ccccc1.